The molecule has 0 radical (unpaired) electrons. The molecule has 0 aliphatic rings. The molecular formula is C13H13Br2NO3. The van der Waals surface area contributed by atoms with Crippen LogP contribution in [0, 0.1) is 0 Å². The molecule has 2 N–H and O–H groups in total. The molecule has 1 aromatic rings. The minimum absolute atomic E-state index is 0.319. The Balaban J connectivity index is 2.81. The lowest BCUT2D eigenvalue weighted by Crippen LogP contribution is -2.40. The van der Waals surface area contributed by atoms with Gasteiger partial charge in [0.1, 0.15) is 6.04 Å². The van der Waals surface area contributed by atoms with Crippen molar-refractivity contribution in [2.45, 2.75) is 18.9 Å². The molecule has 1 rings (SSSR count). The molecule has 19 heavy (non-hydrogen) atoms. The second-order valence-corrected chi connectivity index (χ2v) is 5.72. The van der Waals surface area contributed by atoms with Gasteiger partial charge in [0.05, 0.1) is 0 Å². The average molecular weight is 391 g/mol. The van der Waals surface area contributed by atoms with Crippen LogP contribution in [0.5, 0.6) is 0 Å². The van der Waals surface area contributed by atoms with Crippen LogP contribution in [0.1, 0.15) is 23.2 Å². The normalized spacial score (nSPS) is 11.7. The van der Waals surface area contributed by atoms with E-state index in [1.807, 2.05) is 0 Å². The molecule has 0 unspecified atom stereocenters. The Morgan fingerprint density at radius 3 is 2.37 bits per heavy atom. The van der Waals surface area contributed by atoms with E-state index in [0.717, 1.165) is 8.95 Å². The number of halogens is 2. The zero-order chi connectivity index (χ0) is 14.4. The summed E-state index contributed by atoms with van der Waals surface area (Å²) in [7, 11) is 0. The quantitative estimate of drug-likeness (QED) is 0.732. The maximum absolute atomic E-state index is 12.0. The zero-order valence-corrected chi connectivity index (χ0v) is 13.2. The number of nitrogens with one attached hydrogen (secondary N) is 1. The van der Waals surface area contributed by atoms with Crippen LogP contribution in [0.25, 0.3) is 0 Å². The van der Waals surface area contributed by atoms with Gasteiger partial charge < -0.3 is 10.4 Å². The van der Waals surface area contributed by atoms with Crippen molar-refractivity contribution in [2.24, 2.45) is 0 Å². The Morgan fingerprint density at radius 1 is 1.32 bits per heavy atom. The summed E-state index contributed by atoms with van der Waals surface area (Å²) in [5.74, 6) is -1.47. The first-order chi connectivity index (χ1) is 8.93. The van der Waals surface area contributed by atoms with Gasteiger partial charge in [-0.25, -0.2) is 4.79 Å². The van der Waals surface area contributed by atoms with Crippen LogP contribution in [0.15, 0.2) is 39.8 Å². The number of carboxylic acids is 1. The number of rotatable bonds is 6. The van der Waals surface area contributed by atoms with Gasteiger partial charge in [-0.3, -0.25) is 4.79 Å². The van der Waals surface area contributed by atoms with Gasteiger partial charge in [-0.15, -0.1) is 6.58 Å². The highest BCUT2D eigenvalue weighted by Crippen LogP contribution is 2.20. The van der Waals surface area contributed by atoms with Gasteiger partial charge in [0.2, 0.25) is 0 Å². The number of hydrogen-bond acceptors (Lipinski definition) is 2. The van der Waals surface area contributed by atoms with Crippen molar-refractivity contribution in [3.63, 3.8) is 0 Å². The maximum atomic E-state index is 12.0. The van der Waals surface area contributed by atoms with Gasteiger partial charge in [-0.1, -0.05) is 37.9 Å². The number of carbonyl (C=O) groups excluding carboxylic acids is 1. The third-order valence-corrected chi connectivity index (χ3v) is 3.30. The summed E-state index contributed by atoms with van der Waals surface area (Å²) >= 11 is 6.56. The summed E-state index contributed by atoms with van der Waals surface area (Å²) < 4.78 is 1.48. The molecule has 0 saturated carbocycles. The minimum Gasteiger partial charge on any atom is -0.480 e. The Morgan fingerprint density at radius 2 is 1.89 bits per heavy atom. The summed E-state index contributed by atoms with van der Waals surface area (Å²) in [6.07, 6.45) is 2.47. The van der Waals surface area contributed by atoms with Crippen molar-refractivity contribution < 1.29 is 14.7 Å². The molecule has 0 heterocycles. The summed E-state index contributed by atoms with van der Waals surface area (Å²) in [5.41, 5.74) is 0.395. The molecule has 0 fully saturated rings. The number of aliphatic carboxylic acids is 1. The number of hydrogen-bond donors (Lipinski definition) is 2. The van der Waals surface area contributed by atoms with Crippen LogP contribution in [-0.4, -0.2) is 23.0 Å². The van der Waals surface area contributed by atoms with Crippen LogP contribution in [0.3, 0.4) is 0 Å². The molecule has 0 aliphatic carbocycles. The fourth-order valence-corrected chi connectivity index (χ4v) is 2.76. The largest absolute Gasteiger partial charge is 0.480 e. The van der Waals surface area contributed by atoms with Crippen molar-refractivity contribution in [3.05, 3.63) is 45.4 Å². The van der Waals surface area contributed by atoms with Crippen LogP contribution < -0.4 is 5.32 Å². The lowest BCUT2D eigenvalue weighted by atomic mass is 10.1. The predicted molar refractivity (Wildman–Crippen MR) is 80.2 cm³/mol. The molecule has 1 aromatic carbocycles. The Hall–Kier alpha value is -1.14. The molecular weight excluding hydrogens is 378 g/mol. The van der Waals surface area contributed by atoms with Crippen LogP contribution >= 0.6 is 31.9 Å². The third-order valence-electron chi connectivity index (χ3n) is 2.39. The summed E-state index contributed by atoms with van der Waals surface area (Å²) in [6, 6.07) is 4.14. The molecule has 4 nitrogen and oxygen atoms in total. The number of allylic oxidation sites excluding steroid dienone is 1. The number of carbonyl (C=O) groups is 2. The van der Waals surface area contributed by atoms with Gasteiger partial charge in [0.15, 0.2) is 0 Å². The molecule has 0 aliphatic heterocycles. The first-order valence-electron chi connectivity index (χ1n) is 5.54. The van der Waals surface area contributed by atoms with Gasteiger partial charge >= 0.3 is 5.97 Å². The monoisotopic (exact) mass is 389 g/mol. The number of carboxylic acid groups (broad SMARTS) is 1. The third kappa shape index (κ3) is 5.16. The van der Waals surface area contributed by atoms with Gasteiger partial charge in [-0.2, -0.15) is 0 Å². The van der Waals surface area contributed by atoms with E-state index in [-0.39, 0.29) is 0 Å². The van der Waals surface area contributed by atoms with E-state index in [1.54, 1.807) is 24.3 Å². The van der Waals surface area contributed by atoms with Crippen LogP contribution in [0.4, 0.5) is 0 Å². The van der Waals surface area contributed by atoms with E-state index in [1.165, 1.54) is 0 Å². The van der Waals surface area contributed by atoms with Crippen molar-refractivity contribution >= 4 is 43.7 Å². The first kappa shape index (κ1) is 15.9. The molecule has 0 bridgehead atoms. The molecule has 0 aromatic heterocycles. The SMILES string of the molecule is C=CCC[C@H](NC(=O)c1cc(Br)cc(Br)c1)C(=O)O. The van der Waals surface area contributed by atoms with E-state index in [2.05, 4.69) is 43.8 Å². The van der Waals surface area contributed by atoms with Crippen molar-refractivity contribution in [1.29, 1.82) is 0 Å². The fraction of sp³-hybridized carbons (Fsp3) is 0.231. The van der Waals surface area contributed by atoms with E-state index in [4.69, 9.17) is 5.11 Å². The second-order valence-electron chi connectivity index (χ2n) is 3.89. The molecule has 1 atom stereocenters. The Bertz CT molecular complexity index is 482. The Kier molecular flexibility index (Phi) is 6.24. The standard InChI is InChI=1S/C13H13Br2NO3/c1-2-3-4-11(13(18)19)16-12(17)8-5-9(14)7-10(15)6-8/h2,5-7,11H,1,3-4H2,(H,16,17)(H,18,19)/t11-/m0/s1. The van der Waals surface area contributed by atoms with Crippen LogP contribution in [0.2, 0.25) is 0 Å². The van der Waals surface area contributed by atoms with E-state index < -0.39 is 17.9 Å². The molecule has 0 saturated heterocycles. The predicted octanol–water partition coefficient (Wildman–Crippen LogP) is 3.36. The first-order valence-corrected chi connectivity index (χ1v) is 7.13. The van der Waals surface area contributed by atoms with Crippen molar-refractivity contribution in [3.8, 4) is 0 Å². The highest BCUT2D eigenvalue weighted by atomic mass is 79.9. The lowest BCUT2D eigenvalue weighted by Gasteiger charge is -2.14. The topological polar surface area (TPSA) is 66.4 Å². The highest BCUT2D eigenvalue weighted by molar-refractivity contribution is 9.11. The van der Waals surface area contributed by atoms with Crippen LogP contribution in [-0.2, 0) is 4.79 Å². The number of benzene rings is 1. The maximum Gasteiger partial charge on any atom is 0.326 e. The molecule has 102 valence electrons. The second kappa shape index (κ2) is 7.45. The van der Waals surface area contributed by atoms with Crippen molar-refractivity contribution in [1.82, 2.24) is 5.32 Å². The number of amides is 1. The summed E-state index contributed by atoms with van der Waals surface area (Å²) in [5, 5.41) is 11.5. The highest BCUT2D eigenvalue weighted by Gasteiger charge is 2.20. The minimum atomic E-state index is -1.05. The smallest absolute Gasteiger partial charge is 0.326 e. The lowest BCUT2D eigenvalue weighted by molar-refractivity contribution is -0.139. The average Bonchev–Trinajstić information content (AvgIpc) is 2.32. The fourth-order valence-electron chi connectivity index (χ4n) is 1.47. The van der Waals surface area contributed by atoms with Crippen molar-refractivity contribution in [2.75, 3.05) is 0 Å². The molecule has 1 amide bonds. The van der Waals surface area contributed by atoms with Gasteiger partial charge in [-0.05, 0) is 31.0 Å². The van der Waals surface area contributed by atoms with Gasteiger partial charge in [0.25, 0.3) is 5.91 Å². The van der Waals surface area contributed by atoms with Gasteiger partial charge in [0, 0.05) is 14.5 Å². The van der Waals surface area contributed by atoms with E-state index >= 15 is 0 Å². The molecule has 0 spiro atoms. The van der Waals surface area contributed by atoms with E-state index in [9.17, 15) is 9.59 Å². The summed E-state index contributed by atoms with van der Waals surface area (Å²) in [6.45, 7) is 3.53. The zero-order valence-electron chi connectivity index (χ0n) is 10.0. The Labute approximate surface area is 128 Å². The van der Waals surface area contributed by atoms with E-state index in [0.29, 0.717) is 18.4 Å². The summed E-state index contributed by atoms with van der Waals surface area (Å²) in [4.78, 5) is 23.0. The molecule has 6 heteroatoms.